The highest BCUT2D eigenvalue weighted by atomic mass is 35.5. The molecule has 4 rings (SSSR count). The minimum Gasteiger partial charge on any atom is -0.462 e. The number of fused-ring (bicyclic) bond motifs is 1. The molecule has 0 aliphatic carbocycles. The Labute approximate surface area is 271 Å². The van der Waals surface area contributed by atoms with Crippen LogP contribution in [0.15, 0.2) is 41.3 Å². The second-order valence-corrected chi connectivity index (χ2v) is 19.7. The smallest absolute Gasteiger partial charge is 0.343 e. The first-order valence-corrected chi connectivity index (χ1v) is 18.9. The topological polar surface area (TPSA) is 77.8 Å². The molecule has 1 aliphatic rings. The minimum atomic E-state index is -2.12. The van der Waals surface area contributed by atoms with E-state index in [1.807, 2.05) is 16.7 Å². The summed E-state index contributed by atoms with van der Waals surface area (Å²) in [5.74, 6) is -1.28. The van der Waals surface area contributed by atoms with Crippen LogP contribution >= 0.6 is 11.6 Å². The minimum absolute atomic E-state index is 0.00355. The molecule has 2 heterocycles. The lowest BCUT2D eigenvalue weighted by atomic mass is 9.86. The number of benzene rings is 2. The maximum Gasteiger partial charge on any atom is 0.343 e. The zero-order valence-corrected chi connectivity index (χ0v) is 29.7. The summed E-state index contributed by atoms with van der Waals surface area (Å²) in [6, 6.07) is 8.33. The van der Waals surface area contributed by atoms with E-state index in [9.17, 15) is 14.4 Å². The van der Waals surface area contributed by atoms with Gasteiger partial charge in [-0.2, -0.15) is 0 Å². The molecule has 1 atom stereocenters. The Morgan fingerprint density at radius 2 is 1.78 bits per heavy atom. The monoisotopic (exact) mass is 656 g/mol. The van der Waals surface area contributed by atoms with E-state index in [4.69, 9.17) is 20.8 Å². The molecule has 0 N–H and O–H groups in total. The van der Waals surface area contributed by atoms with E-state index in [-0.39, 0.29) is 46.0 Å². The molecule has 1 saturated heterocycles. The Balaban J connectivity index is 1.85. The van der Waals surface area contributed by atoms with Crippen molar-refractivity contribution in [1.29, 1.82) is 0 Å². The molecule has 1 fully saturated rings. The molecule has 0 radical (unpaired) electrons. The van der Waals surface area contributed by atoms with Crippen LogP contribution in [-0.4, -0.2) is 44.5 Å². The molecule has 0 spiro atoms. The molecule has 0 bridgehead atoms. The third-order valence-corrected chi connectivity index (χ3v) is 14.0. The Hall–Kier alpha value is -3.01. The number of anilines is 1. The number of aromatic nitrogens is 1. The SMILES string of the molecule is CCOC(=O)c1cn([C@H](CO[Si](C)(C)C(C)(C)C)C(C)(C)C)c2ccc(Cc3cc(N4CCCC4=O)cc(Cl)c3F)cc2c1=O. The molecule has 1 amide bonds. The van der Waals surface area contributed by atoms with Crippen LogP contribution in [0.4, 0.5) is 10.1 Å². The van der Waals surface area contributed by atoms with Crippen molar-refractivity contribution in [3.8, 4) is 0 Å². The summed E-state index contributed by atoms with van der Waals surface area (Å²) >= 11 is 6.28. The van der Waals surface area contributed by atoms with Gasteiger partial charge in [-0.1, -0.05) is 59.2 Å². The second-order valence-electron chi connectivity index (χ2n) is 14.5. The first kappa shape index (κ1) is 34.9. The number of esters is 1. The number of carbonyl (C=O) groups excluding carboxylic acids is 2. The molecule has 7 nitrogen and oxygen atoms in total. The fraction of sp³-hybridized carbons (Fsp3) is 0.514. The molecule has 10 heteroatoms. The number of hydrogen-bond acceptors (Lipinski definition) is 5. The predicted octanol–water partition coefficient (Wildman–Crippen LogP) is 8.30. The van der Waals surface area contributed by atoms with Crippen LogP contribution in [-0.2, 0) is 20.4 Å². The van der Waals surface area contributed by atoms with Crippen LogP contribution in [0.3, 0.4) is 0 Å². The fourth-order valence-electron chi connectivity index (χ4n) is 5.43. The van der Waals surface area contributed by atoms with Crippen molar-refractivity contribution in [2.45, 2.75) is 91.9 Å². The Morgan fingerprint density at radius 1 is 1.09 bits per heavy atom. The molecule has 0 saturated carbocycles. The van der Waals surface area contributed by atoms with Gasteiger partial charge in [-0.15, -0.1) is 0 Å². The molecule has 45 heavy (non-hydrogen) atoms. The van der Waals surface area contributed by atoms with Crippen LogP contribution in [0.2, 0.25) is 23.2 Å². The van der Waals surface area contributed by atoms with Gasteiger partial charge in [0.25, 0.3) is 0 Å². The molecule has 2 aromatic carbocycles. The molecule has 3 aromatic rings. The lowest BCUT2D eigenvalue weighted by molar-refractivity contribution is -0.117. The summed E-state index contributed by atoms with van der Waals surface area (Å²) in [6.07, 6.45) is 2.92. The quantitative estimate of drug-likeness (QED) is 0.171. The van der Waals surface area contributed by atoms with E-state index in [1.54, 1.807) is 30.2 Å². The van der Waals surface area contributed by atoms with Crippen molar-refractivity contribution in [1.82, 2.24) is 4.57 Å². The predicted molar refractivity (Wildman–Crippen MR) is 182 cm³/mol. The molecular weight excluding hydrogens is 611 g/mol. The average molecular weight is 657 g/mol. The van der Waals surface area contributed by atoms with E-state index < -0.39 is 25.5 Å². The van der Waals surface area contributed by atoms with E-state index in [1.165, 1.54) is 6.07 Å². The Morgan fingerprint density at radius 3 is 2.36 bits per heavy atom. The average Bonchev–Trinajstić information content (AvgIpc) is 3.36. The van der Waals surface area contributed by atoms with Crippen molar-refractivity contribution < 1.29 is 23.1 Å². The Bertz CT molecular complexity index is 1670. The summed E-state index contributed by atoms with van der Waals surface area (Å²) in [5.41, 5.74) is 1.36. The lowest BCUT2D eigenvalue weighted by Gasteiger charge is -2.40. The molecule has 1 aliphatic heterocycles. The van der Waals surface area contributed by atoms with Crippen molar-refractivity contribution in [3.63, 3.8) is 0 Å². The maximum atomic E-state index is 15.3. The highest BCUT2D eigenvalue weighted by Gasteiger charge is 2.39. The first-order valence-electron chi connectivity index (χ1n) is 15.6. The van der Waals surface area contributed by atoms with Crippen LogP contribution in [0.5, 0.6) is 0 Å². The largest absolute Gasteiger partial charge is 0.462 e. The van der Waals surface area contributed by atoms with Gasteiger partial charge in [0.2, 0.25) is 11.3 Å². The standard InChI is InChI=1S/C35H46ClFN2O5Si/c1-10-43-33(42)26-20-39(29(34(2,3)4)21-44-45(8,9)35(5,6)7)28-14-13-22(17-25(28)32(26)41)16-23-18-24(19-27(36)31(23)37)38-15-11-12-30(38)40/h13-14,17-20,29H,10-12,15-16,21H2,1-9H3/t29-/m1/s1. The molecule has 1 aromatic heterocycles. The number of pyridine rings is 1. The third kappa shape index (κ3) is 7.36. The van der Waals surface area contributed by atoms with E-state index in [0.717, 1.165) is 6.42 Å². The lowest BCUT2D eigenvalue weighted by Crippen LogP contribution is -2.43. The summed E-state index contributed by atoms with van der Waals surface area (Å²) in [4.78, 5) is 40.9. The van der Waals surface area contributed by atoms with Crippen molar-refractivity contribution in [2.24, 2.45) is 5.41 Å². The van der Waals surface area contributed by atoms with Crippen LogP contribution in [0.1, 0.15) is 88.8 Å². The molecular formula is C35H46ClFN2O5Si. The fourth-order valence-corrected chi connectivity index (χ4v) is 6.67. The summed E-state index contributed by atoms with van der Waals surface area (Å²) in [7, 11) is -2.12. The van der Waals surface area contributed by atoms with Crippen molar-refractivity contribution in [3.05, 3.63) is 74.3 Å². The van der Waals surface area contributed by atoms with Gasteiger partial charge in [0.15, 0.2) is 8.32 Å². The van der Waals surface area contributed by atoms with Gasteiger partial charge in [0.1, 0.15) is 11.4 Å². The van der Waals surface area contributed by atoms with Crippen molar-refractivity contribution in [2.75, 3.05) is 24.7 Å². The van der Waals surface area contributed by atoms with E-state index in [0.29, 0.717) is 47.3 Å². The molecule has 0 unspecified atom stereocenters. The number of halogens is 2. The van der Waals surface area contributed by atoms with E-state index in [2.05, 4.69) is 54.6 Å². The Kier molecular flexibility index (Phi) is 10.1. The summed E-state index contributed by atoms with van der Waals surface area (Å²) in [5, 5.41) is 0.269. The maximum absolute atomic E-state index is 15.3. The van der Waals surface area contributed by atoms with Gasteiger partial charge in [0.05, 0.1) is 29.8 Å². The zero-order valence-electron chi connectivity index (χ0n) is 28.0. The highest BCUT2D eigenvalue weighted by Crippen LogP contribution is 2.40. The number of ether oxygens (including phenoxy) is 1. The van der Waals surface area contributed by atoms with Crippen molar-refractivity contribution >= 4 is 48.4 Å². The molecule has 244 valence electrons. The first-order chi connectivity index (χ1) is 20.9. The van der Waals surface area contributed by atoms with Gasteiger partial charge in [-0.3, -0.25) is 9.59 Å². The zero-order chi connectivity index (χ0) is 33.5. The summed E-state index contributed by atoms with van der Waals surface area (Å²) in [6.45, 7) is 20.1. The number of amides is 1. The van der Waals surface area contributed by atoms with Gasteiger partial charge in [-0.25, -0.2) is 9.18 Å². The summed E-state index contributed by atoms with van der Waals surface area (Å²) < 4.78 is 29.2. The van der Waals surface area contributed by atoms with Gasteiger partial charge in [0, 0.05) is 36.7 Å². The van der Waals surface area contributed by atoms with Gasteiger partial charge >= 0.3 is 5.97 Å². The number of carbonyl (C=O) groups is 2. The number of rotatable bonds is 9. The van der Waals surface area contributed by atoms with Crippen LogP contribution < -0.4 is 10.3 Å². The number of hydrogen-bond donors (Lipinski definition) is 0. The number of nitrogens with zero attached hydrogens (tertiary/aromatic N) is 2. The van der Waals surface area contributed by atoms with Gasteiger partial charge in [-0.05, 0) is 72.3 Å². The van der Waals surface area contributed by atoms with Gasteiger partial charge < -0.3 is 18.6 Å². The normalized spacial score (nSPS) is 15.2. The second kappa shape index (κ2) is 13.0. The highest BCUT2D eigenvalue weighted by molar-refractivity contribution is 6.74. The third-order valence-electron chi connectivity index (χ3n) is 9.20. The van der Waals surface area contributed by atoms with Crippen LogP contribution in [0, 0.1) is 11.2 Å². The van der Waals surface area contributed by atoms with E-state index >= 15 is 4.39 Å². The van der Waals surface area contributed by atoms with Crippen LogP contribution in [0.25, 0.3) is 10.9 Å².